The van der Waals surface area contributed by atoms with Gasteiger partial charge in [0.05, 0.1) is 11.8 Å². The van der Waals surface area contributed by atoms with E-state index in [1.807, 2.05) is 48.5 Å². The summed E-state index contributed by atoms with van der Waals surface area (Å²) in [5.41, 5.74) is 3.02. The molecule has 3 aliphatic carbocycles. The number of carbonyl (C=O) groups excluding carboxylic acids is 3. The van der Waals surface area contributed by atoms with Crippen LogP contribution in [0.25, 0.3) is 0 Å². The average Bonchev–Trinajstić information content (AvgIpc) is 3.42. The number of aromatic nitrogens is 1. The molecule has 33 heavy (non-hydrogen) atoms. The number of alkyl halides is 2. The molecule has 2 atom stereocenters. The van der Waals surface area contributed by atoms with E-state index in [0.29, 0.717) is 5.13 Å². The molecule has 1 fully saturated rings. The van der Waals surface area contributed by atoms with Gasteiger partial charge in [-0.15, -0.1) is 34.5 Å². The van der Waals surface area contributed by atoms with E-state index in [1.165, 1.54) is 11.3 Å². The van der Waals surface area contributed by atoms with Crippen LogP contribution in [0.1, 0.15) is 28.7 Å². The number of amides is 3. The van der Waals surface area contributed by atoms with E-state index in [9.17, 15) is 14.4 Å². The molecule has 4 aliphatic rings. The van der Waals surface area contributed by atoms with Crippen molar-refractivity contribution in [2.24, 2.45) is 11.8 Å². The lowest BCUT2D eigenvalue weighted by molar-refractivity contribution is -0.140. The fourth-order valence-corrected chi connectivity index (χ4v) is 7.27. The zero-order valence-electron chi connectivity index (χ0n) is 17.1. The SMILES string of the molecule is O=C(CCN1C(=O)[C@H]2[C@H](C1=O)C1(Cl)c3ccccc3C2(Cl)c2ccccc21)Nc1nccs1. The molecule has 3 amide bonds. The van der Waals surface area contributed by atoms with Crippen LogP contribution in [0, 0.1) is 11.8 Å². The molecule has 7 rings (SSSR count). The number of nitrogens with zero attached hydrogens (tertiary/aromatic N) is 2. The van der Waals surface area contributed by atoms with E-state index in [-0.39, 0.29) is 18.9 Å². The number of hydrogen-bond acceptors (Lipinski definition) is 5. The van der Waals surface area contributed by atoms with Gasteiger partial charge in [0.1, 0.15) is 9.75 Å². The predicted molar refractivity (Wildman–Crippen MR) is 125 cm³/mol. The van der Waals surface area contributed by atoms with Gasteiger partial charge in [-0.2, -0.15) is 0 Å². The molecule has 166 valence electrons. The number of imide groups is 1. The number of rotatable bonds is 4. The quantitative estimate of drug-likeness (QED) is 0.435. The summed E-state index contributed by atoms with van der Waals surface area (Å²) in [6.07, 6.45) is 1.55. The van der Waals surface area contributed by atoms with Crippen LogP contribution in [0.4, 0.5) is 5.13 Å². The van der Waals surface area contributed by atoms with Crippen molar-refractivity contribution in [2.75, 3.05) is 11.9 Å². The van der Waals surface area contributed by atoms with E-state index in [1.54, 1.807) is 11.6 Å². The van der Waals surface area contributed by atoms with Gasteiger partial charge in [-0.25, -0.2) is 4.98 Å². The number of likely N-dealkylation sites (tertiary alicyclic amines) is 1. The Hall–Kier alpha value is -2.74. The van der Waals surface area contributed by atoms with Gasteiger partial charge < -0.3 is 5.32 Å². The molecule has 0 spiro atoms. The fraction of sp³-hybridized carbons (Fsp3) is 0.250. The molecule has 1 N–H and O–H groups in total. The topological polar surface area (TPSA) is 79.4 Å². The van der Waals surface area contributed by atoms with E-state index in [0.717, 1.165) is 27.2 Å². The smallest absolute Gasteiger partial charge is 0.235 e. The lowest BCUT2D eigenvalue weighted by atomic mass is 9.54. The number of benzene rings is 2. The van der Waals surface area contributed by atoms with Gasteiger partial charge in [-0.05, 0) is 22.3 Å². The second kappa shape index (κ2) is 7.13. The Morgan fingerprint density at radius 3 is 1.85 bits per heavy atom. The highest BCUT2D eigenvalue weighted by Crippen LogP contribution is 2.69. The molecule has 0 unspecified atom stereocenters. The summed E-state index contributed by atoms with van der Waals surface area (Å²) >= 11 is 16.0. The first-order valence-electron chi connectivity index (χ1n) is 10.5. The molecule has 3 aromatic rings. The Bertz CT molecular complexity index is 1200. The molecule has 6 nitrogen and oxygen atoms in total. The highest BCUT2D eigenvalue weighted by atomic mass is 35.5. The maximum atomic E-state index is 13.7. The lowest BCUT2D eigenvalue weighted by Gasteiger charge is -2.54. The fourth-order valence-electron chi connectivity index (χ4n) is 5.63. The van der Waals surface area contributed by atoms with Gasteiger partial charge >= 0.3 is 0 Å². The van der Waals surface area contributed by atoms with Crippen molar-refractivity contribution in [1.29, 1.82) is 0 Å². The maximum absolute atomic E-state index is 13.7. The molecule has 2 heterocycles. The third-order valence-corrected chi connectivity index (χ3v) is 8.89. The summed E-state index contributed by atoms with van der Waals surface area (Å²) < 4.78 is 0. The monoisotopic (exact) mass is 497 g/mol. The van der Waals surface area contributed by atoms with Gasteiger partial charge in [0, 0.05) is 24.5 Å². The average molecular weight is 498 g/mol. The first-order valence-corrected chi connectivity index (χ1v) is 12.1. The number of hydrogen-bond donors (Lipinski definition) is 1. The zero-order chi connectivity index (χ0) is 23.0. The van der Waals surface area contributed by atoms with E-state index < -0.39 is 33.4 Å². The molecule has 0 saturated carbocycles. The molecule has 1 saturated heterocycles. The first kappa shape index (κ1) is 20.8. The molecule has 2 aromatic carbocycles. The molecule has 1 aromatic heterocycles. The first-order chi connectivity index (χ1) is 15.9. The van der Waals surface area contributed by atoms with Crippen molar-refractivity contribution in [2.45, 2.75) is 16.2 Å². The minimum atomic E-state index is -1.21. The van der Waals surface area contributed by atoms with Crippen molar-refractivity contribution in [3.05, 3.63) is 82.4 Å². The summed E-state index contributed by atoms with van der Waals surface area (Å²) in [4.78, 5) is 42.4. The second-order valence-corrected chi connectivity index (χ2v) is 10.5. The maximum Gasteiger partial charge on any atom is 0.235 e. The number of anilines is 1. The van der Waals surface area contributed by atoms with Crippen molar-refractivity contribution in [1.82, 2.24) is 9.88 Å². The van der Waals surface area contributed by atoms with Crippen LogP contribution in [-0.2, 0) is 24.1 Å². The van der Waals surface area contributed by atoms with Crippen LogP contribution in [0.5, 0.6) is 0 Å². The summed E-state index contributed by atoms with van der Waals surface area (Å²) in [6, 6.07) is 15.0. The third-order valence-electron chi connectivity index (χ3n) is 6.92. The van der Waals surface area contributed by atoms with Gasteiger partial charge in [0.15, 0.2) is 5.13 Å². The van der Waals surface area contributed by atoms with Crippen molar-refractivity contribution < 1.29 is 14.4 Å². The van der Waals surface area contributed by atoms with Crippen LogP contribution in [0.2, 0.25) is 0 Å². The summed E-state index contributed by atoms with van der Waals surface area (Å²) in [5.74, 6) is -2.81. The Kier molecular flexibility index (Phi) is 4.50. The standard InChI is InChI=1S/C24H17Cl2N3O3S/c25-23-13-5-1-2-6-14(13)24(26,16-8-4-3-7-15(16)23)19-18(23)20(31)29(21(19)32)11-9-17(30)28-22-27-10-12-33-22/h1-8,10,12,18-19H,9,11H2,(H,27,28,30)/t18-,19-,23?,24?/m1/s1. The molecule has 0 radical (unpaired) electrons. The molecular weight excluding hydrogens is 481 g/mol. The Balaban J connectivity index is 1.40. The van der Waals surface area contributed by atoms with Crippen LogP contribution in [0.3, 0.4) is 0 Å². The Morgan fingerprint density at radius 2 is 1.42 bits per heavy atom. The highest BCUT2D eigenvalue weighted by Gasteiger charge is 2.72. The lowest BCUT2D eigenvalue weighted by Crippen LogP contribution is -2.57. The summed E-state index contributed by atoms with van der Waals surface area (Å²) in [7, 11) is 0. The number of thiazole rings is 1. The number of halogens is 2. The Labute approximate surface area is 203 Å². The van der Waals surface area contributed by atoms with Crippen LogP contribution in [-0.4, -0.2) is 34.2 Å². The summed E-state index contributed by atoms with van der Waals surface area (Å²) in [6.45, 7) is -0.0471. The van der Waals surface area contributed by atoms with E-state index in [4.69, 9.17) is 23.2 Å². The number of nitrogens with one attached hydrogen (secondary N) is 1. The van der Waals surface area contributed by atoms with E-state index >= 15 is 0 Å². The van der Waals surface area contributed by atoms with Crippen molar-refractivity contribution in [3.8, 4) is 0 Å². The third kappa shape index (κ3) is 2.61. The van der Waals surface area contributed by atoms with E-state index in [2.05, 4.69) is 10.3 Å². The van der Waals surface area contributed by atoms with Gasteiger partial charge in [-0.3, -0.25) is 19.3 Å². The molecule has 9 heteroatoms. The Morgan fingerprint density at radius 1 is 0.939 bits per heavy atom. The van der Waals surface area contributed by atoms with Crippen LogP contribution < -0.4 is 5.32 Å². The van der Waals surface area contributed by atoms with Crippen molar-refractivity contribution in [3.63, 3.8) is 0 Å². The van der Waals surface area contributed by atoms with Crippen LogP contribution >= 0.6 is 34.5 Å². The molecular formula is C24H17Cl2N3O3S. The van der Waals surface area contributed by atoms with Gasteiger partial charge in [0.25, 0.3) is 0 Å². The van der Waals surface area contributed by atoms with Crippen LogP contribution in [0.15, 0.2) is 60.1 Å². The second-order valence-electron chi connectivity index (χ2n) is 8.43. The molecule has 2 bridgehead atoms. The van der Waals surface area contributed by atoms with Gasteiger partial charge in [0.2, 0.25) is 17.7 Å². The minimum absolute atomic E-state index is 0.0407. The normalized spacial score (nSPS) is 29.0. The molecule has 1 aliphatic heterocycles. The predicted octanol–water partition coefficient (Wildman–Crippen LogP) is 4.06. The van der Waals surface area contributed by atoms with Gasteiger partial charge in [-0.1, -0.05) is 48.5 Å². The largest absolute Gasteiger partial charge is 0.302 e. The van der Waals surface area contributed by atoms with Crippen molar-refractivity contribution >= 4 is 57.4 Å². The summed E-state index contributed by atoms with van der Waals surface area (Å²) in [5, 5.41) is 4.90. The number of carbonyl (C=O) groups is 3. The zero-order valence-corrected chi connectivity index (χ0v) is 19.5. The minimum Gasteiger partial charge on any atom is -0.302 e. The highest BCUT2D eigenvalue weighted by molar-refractivity contribution is 7.13.